The van der Waals surface area contributed by atoms with Crippen LogP contribution in [0.1, 0.15) is 12.0 Å². The molecule has 0 aliphatic heterocycles. The number of hydrogen-bond acceptors (Lipinski definition) is 2. The molecule has 0 spiro atoms. The lowest BCUT2D eigenvalue weighted by atomic mass is 9.61. The summed E-state index contributed by atoms with van der Waals surface area (Å²) >= 11 is 0. The van der Waals surface area contributed by atoms with Gasteiger partial charge in [-0.15, -0.1) is 0 Å². The first-order valence-corrected chi connectivity index (χ1v) is 6.87. The van der Waals surface area contributed by atoms with Crippen LogP contribution in [-0.2, 0) is 9.53 Å². The van der Waals surface area contributed by atoms with Crippen molar-refractivity contribution in [2.45, 2.75) is 6.42 Å². The number of methoxy groups -OCH3 is 1. The van der Waals surface area contributed by atoms with Crippen LogP contribution in [0.2, 0.25) is 0 Å². The normalized spacial score (nSPS) is 34.2. The molecule has 3 aliphatic rings. The second-order valence-corrected chi connectivity index (χ2v) is 5.68. The Hall–Kier alpha value is -1.83. The van der Waals surface area contributed by atoms with Crippen molar-refractivity contribution in [1.82, 2.24) is 0 Å². The van der Waals surface area contributed by atoms with Crippen LogP contribution in [0.5, 0.6) is 0 Å². The molecule has 1 saturated carbocycles. The minimum atomic E-state index is -0.138. The number of benzene rings is 1. The lowest BCUT2D eigenvalue weighted by Gasteiger charge is -2.42. The summed E-state index contributed by atoms with van der Waals surface area (Å²) in [4.78, 5) is 12.1. The molecule has 0 heterocycles. The van der Waals surface area contributed by atoms with Gasteiger partial charge in [0, 0.05) is 11.5 Å². The van der Waals surface area contributed by atoms with Gasteiger partial charge >= 0.3 is 5.97 Å². The van der Waals surface area contributed by atoms with Crippen molar-refractivity contribution in [1.29, 1.82) is 0 Å². The lowest BCUT2D eigenvalue weighted by molar-refractivity contribution is -0.137. The molecule has 1 aromatic carbocycles. The van der Waals surface area contributed by atoms with Crippen molar-refractivity contribution in [2.24, 2.45) is 23.7 Å². The van der Waals surface area contributed by atoms with E-state index in [9.17, 15) is 4.79 Å². The van der Waals surface area contributed by atoms with Gasteiger partial charge in [0.2, 0.25) is 0 Å². The van der Waals surface area contributed by atoms with Crippen LogP contribution < -0.4 is 0 Å². The molecule has 0 unspecified atom stereocenters. The fourth-order valence-corrected chi connectivity index (χ4v) is 4.19. The van der Waals surface area contributed by atoms with Crippen LogP contribution in [0, 0.1) is 23.7 Å². The van der Waals surface area contributed by atoms with E-state index >= 15 is 0 Å². The van der Waals surface area contributed by atoms with Crippen LogP contribution >= 0.6 is 0 Å². The number of ether oxygens (including phenoxy) is 1. The van der Waals surface area contributed by atoms with Gasteiger partial charge in [-0.3, -0.25) is 0 Å². The zero-order valence-corrected chi connectivity index (χ0v) is 10.9. The molecule has 2 bridgehead atoms. The molecule has 3 aliphatic carbocycles. The van der Waals surface area contributed by atoms with E-state index in [4.69, 9.17) is 4.74 Å². The summed E-state index contributed by atoms with van der Waals surface area (Å²) in [7, 11) is 1.48. The maximum Gasteiger partial charge on any atom is 0.334 e. The Morgan fingerprint density at radius 3 is 2.47 bits per heavy atom. The first kappa shape index (κ1) is 11.0. The number of fused-ring (bicyclic) bond motifs is 5. The number of esters is 1. The molecule has 4 atom stereocenters. The third-order valence-electron chi connectivity index (χ3n) is 4.91. The third kappa shape index (κ3) is 1.34. The van der Waals surface area contributed by atoms with Gasteiger partial charge in [0.1, 0.15) is 0 Å². The molecule has 2 heteroatoms. The number of carbonyl (C=O) groups excluding carboxylic acids is 1. The number of hydrogen-bond donors (Lipinski definition) is 0. The van der Waals surface area contributed by atoms with Crippen LogP contribution in [0.15, 0.2) is 48.1 Å². The first-order chi connectivity index (χ1) is 9.31. The van der Waals surface area contributed by atoms with Gasteiger partial charge < -0.3 is 4.74 Å². The summed E-state index contributed by atoms with van der Waals surface area (Å²) < 4.78 is 5.00. The molecule has 4 rings (SSSR count). The summed E-state index contributed by atoms with van der Waals surface area (Å²) in [5, 5.41) is 0. The largest absolute Gasteiger partial charge is 0.466 e. The molecule has 1 fully saturated rings. The zero-order chi connectivity index (χ0) is 13.0. The minimum absolute atomic E-state index is 0.138. The predicted octanol–water partition coefficient (Wildman–Crippen LogP) is 3.07. The highest BCUT2D eigenvalue weighted by molar-refractivity contribution is 6.03. The molecule has 0 amide bonds. The molecule has 0 radical (unpaired) electrons. The third-order valence-corrected chi connectivity index (χ3v) is 4.91. The van der Waals surface area contributed by atoms with Gasteiger partial charge in [0.25, 0.3) is 0 Å². The SMILES string of the molecule is COC(=O)C1=C(c2ccccc2)[C@@H]2[C@H]1[C@H]1C=C[C@@H]2C1. The van der Waals surface area contributed by atoms with Gasteiger partial charge in [-0.25, -0.2) is 4.79 Å². The maximum atomic E-state index is 12.1. The predicted molar refractivity (Wildman–Crippen MR) is 73.1 cm³/mol. The van der Waals surface area contributed by atoms with Crippen molar-refractivity contribution in [2.75, 3.05) is 7.11 Å². The fraction of sp³-hybridized carbons (Fsp3) is 0.353. The van der Waals surface area contributed by atoms with E-state index in [0.717, 1.165) is 5.57 Å². The molecular weight excluding hydrogens is 236 g/mol. The maximum absolute atomic E-state index is 12.1. The quantitative estimate of drug-likeness (QED) is 0.597. The monoisotopic (exact) mass is 252 g/mol. The van der Waals surface area contributed by atoms with Crippen molar-refractivity contribution >= 4 is 11.5 Å². The minimum Gasteiger partial charge on any atom is -0.466 e. The van der Waals surface area contributed by atoms with Gasteiger partial charge in [-0.2, -0.15) is 0 Å². The van der Waals surface area contributed by atoms with Gasteiger partial charge in [-0.1, -0.05) is 42.5 Å². The molecule has 2 nitrogen and oxygen atoms in total. The molecule has 0 aromatic heterocycles. The molecule has 1 aromatic rings. The zero-order valence-electron chi connectivity index (χ0n) is 10.9. The summed E-state index contributed by atoms with van der Waals surface area (Å²) in [6, 6.07) is 10.3. The van der Waals surface area contributed by atoms with Crippen LogP contribution in [0.25, 0.3) is 5.57 Å². The highest BCUT2D eigenvalue weighted by atomic mass is 16.5. The Bertz CT molecular complexity index is 597. The van der Waals surface area contributed by atoms with E-state index in [1.165, 1.54) is 24.7 Å². The van der Waals surface area contributed by atoms with Gasteiger partial charge in [0.05, 0.1) is 7.11 Å². The average molecular weight is 252 g/mol. The molecule has 96 valence electrons. The lowest BCUT2D eigenvalue weighted by Crippen LogP contribution is -2.37. The van der Waals surface area contributed by atoms with E-state index in [1.807, 2.05) is 18.2 Å². The van der Waals surface area contributed by atoms with Crippen LogP contribution in [-0.4, -0.2) is 13.1 Å². The van der Waals surface area contributed by atoms with Crippen molar-refractivity contribution in [3.8, 4) is 0 Å². The van der Waals surface area contributed by atoms with E-state index in [2.05, 4.69) is 24.3 Å². The highest BCUT2D eigenvalue weighted by Gasteiger charge is 2.57. The Morgan fingerprint density at radius 2 is 1.79 bits per heavy atom. The molecule has 0 N–H and O–H groups in total. The van der Waals surface area contributed by atoms with E-state index in [0.29, 0.717) is 23.7 Å². The standard InChI is InChI=1S/C17H16O2/c1-19-17(18)16-13(10-5-3-2-4-6-10)14-11-7-8-12(9-11)15(14)16/h2-8,11-12,14-15H,9H2,1H3/t11-,12+,14-,15-/m1/s1. The van der Waals surface area contributed by atoms with Crippen molar-refractivity contribution in [3.63, 3.8) is 0 Å². The van der Waals surface area contributed by atoms with Crippen molar-refractivity contribution in [3.05, 3.63) is 53.6 Å². The van der Waals surface area contributed by atoms with Crippen LogP contribution in [0.3, 0.4) is 0 Å². The molecule has 19 heavy (non-hydrogen) atoms. The summed E-state index contributed by atoms with van der Waals surface area (Å²) in [6.45, 7) is 0. The summed E-state index contributed by atoms with van der Waals surface area (Å²) in [5.41, 5.74) is 3.34. The number of carbonyl (C=O) groups is 1. The van der Waals surface area contributed by atoms with Crippen molar-refractivity contribution < 1.29 is 9.53 Å². The second kappa shape index (κ2) is 3.83. The number of allylic oxidation sites excluding steroid dienone is 3. The Kier molecular flexibility index (Phi) is 2.22. The smallest absolute Gasteiger partial charge is 0.334 e. The summed E-state index contributed by atoms with van der Waals surface area (Å²) in [5.74, 6) is 1.97. The Balaban J connectivity index is 1.83. The van der Waals surface area contributed by atoms with E-state index in [-0.39, 0.29) is 5.97 Å². The summed E-state index contributed by atoms with van der Waals surface area (Å²) in [6.07, 6.45) is 5.82. The van der Waals surface area contributed by atoms with E-state index in [1.54, 1.807) is 0 Å². The first-order valence-electron chi connectivity index (χ1n) is 6.87. The fourth-order valence-electron chi connectivity index (χ4n) is 4.19. The van der Waals surface area contributed by atoms with Crippen LogP contribution in [0.4, 0.5) is 0 Å². The van der Waals surface area contributed by atoms with Gasteiger partial charge in [-0.05, 0) is 35.3 Å². The topological polar surface area (TPSA) is 26.3 Å². The Labute approximate surface area is 112 Å². The second-order valence-electron chi connectivity index (χ2n) is 5.68. The molecular formula is C17H16O2. The average Bonchev–Trinajstić information content (AvgIpc) is 2.97. The number of rotatable bonds is 2. The van der Waals surface area contributed by atoms with E-state index < -0.39 is 0 Å². The van der Waals surface area contributed by atoms with Gasteiger partial charge in [0.15, 0.2) is 0 Å². The Morgan fingerprint density at radius 1 is 1.11 bits per heavy atom. The molecule has 0 saturated heterocycles. The highest BCUT2D eigenvalue weighted by Crippen LogP contribution is 2.63.